The molecule has 1 amide bonds. The smallest absolute Gasteiger partial charge is 0.255 e. The van der Waals surface area contributed by atoms with Crippen molar-refractivity contribution >= 4 is 23.2 Å². The number of aryl methyl sites for hydroxylation is 1. The fraction of sp³-hybridized carbons (Fsp3) is 0.567. The van der Waals surface area contributed by atoms with Crippen molar-refractivity contribution in [2.45, 2.75) is 71.6 Å². The number of aromatic hydroxyl groups is 1. The van der Waals surface area contributed by atoms with Crippen LogP contribution in [0.25, 0.3) is 5.76 Å². The van der Waals surface area contributed by atoms with Crippen LogP contribution in [0.3, 0.4) is 0 Å². The summed E-state index contributed by atoms with van der Waals surface area (Å²) >= 11 is 0. The SMILES string of the molecule is CCCc1cc(CNCC(C)(C)C)c(O)c2c1C[C@H]1C[C@H]3[C@H](N(C)C)C(=O)C(C(N)=O)=C(O)[C@@]3(O)C(=O)C1=C2O. The monoisotopic (exact) mass is 555 g/mol. The lowest BCUT2D eigenvalue weighted by Gasteiger charge is -2.50. The number of nitrogens with one attached hydrogen (secondary N) is 1. The summed E-state index contributed by atoms with van der Waals surface area (Å²) in [4.78, 5) is 40.9. The van der Waals surface area contributed by atoms with Crippen LogP contribution < -0.4 is 11.1 Å². The van der Waals surface area contributed by atoms with Crippen LogP contribution in [0.1, 0.15) is 62.8 Å². The number of primary amides is 1. The molecule has 3 aliphatic rings. The molecule has 0 saturated heterocycles. The van der Waals surface area contributed by atoms with Gasteiger partial charge in [-0.2, -0.15) is 0 Å². The van der Waals surface area contributed by atoms with Gasteiger partial charge in [-0.25, -0.2) is 0 Å². The number of phenols is 1. The van der Waals surface area contributed by atoms with Crippen LogP contribution >= 0.6 is 0 Å². The maximum atomic E-state index is 14.0. The van der Waals surface area contributed by atoms with E-state index in [-0.39, 0.29) is 28.7 Å². The number of aliphatic hydroxyl groups is 3. The van der Waals surface area contributed by atoms with Crippen LogP contribution in [0.4, 0.5) is 0 Å². The Bertz CT molecular complexity index is 1340. The number of benzene rings is 1. The highest BCUT2D eigenvalue weighted by molar-refractivity contribution is 6.24. The van der Waals surface area contributed by atoms with Gasteiger partial charge < -0.3 is 31.5 Å². The third kappa shape index (κ3) is 4.61. The molecule has 0 heterocycles. The number of ketones is 2. The highest BCUT2D eigenvalue weighted by Crippen LogP contribution is 2.53. The number of nitrogens with zero attached hydrogens (tertiary/aromatic N) is 1. The number of phenolic OH excluding ortho intramolecular Hbond substituents is 1. The summed E-state index contributed by atoms with van der Waals surface area (Å²) in [5, 5.41) is 49.0. The lowest BCUT2D eigenvalue weighted by atomic mass is 9.57. The molecular formula is C30H41N3O7. The maximum Gasteiger partial charge on any atom is 0.255 e. The zero-order valence-corrected chi connectivity index (χ0v) is 24.1. The fourth-order valence-electron chi connectivity index (χ4n) is 6.65. The number of Topliss-reactive ketones (excluding diaryl/α,β-unsaturated/α-hetero) is 2. The van der Waals surface area contributed by atoms with E-state index in [4.69, 9.17) is 5.73 Å². The van der Waals surface area contributed by atoms with Gasteiger partial charge in [0.15, 0.2) is 11.4 Å². The van der Waals surface area contributed by atoms with Gasteiger partial charge in [0.25, 0.3) is 5.91 Å². The second-order valence-electron chi connectivity index (χ2n) is 12.8. The number of rotatable bonds is 7. The quantitative estimate of drug-likeness (QED) is 0.275. The van der Waals surface area contributed by atoms with Crippen molar-refractivity contribution in [3.63, 3.8) is 0 Å². The van der Waals surface area contributed by atoms with E-state index in [0.29, 0.717) is 31.5 Å². The number of amides is 1. The van der Waals surface area contributed by atoms with Crippen molar-refractivity contribution in [3.05, 3.63) is 45.2 Å². The molecule has 0 unspecified atom stereocenters. The number of hydrogen-bond donors (Lipinski definition) is 6. The number of fused-ring (bicyclic) bond motifs is 3. The summed E-state index contributed by atoms with van der Waals surface area (Å²) in [5.74, 6) is -6.37. The molecule has 1 saturated carbocycles. The van der Waals surface area contributed by atoms with Crippen LogP contribution in [0.2, 0.25) is 0 Å². The Kier molecular flexibility index (Phi) is 7.68. The maximum absolute atomic E-state index is 14.0. The minimum absolute atomic E-state index is 0.0129. The number of carbonyl (C=O) groups excluding carboxylic acids is 3. The van der Waals surface area contributed by atoms with Gasteiger partial charge in [0, 0.05) is 30.1 Å². The standard InChI is InChI=1S/C30H41N3O7/c1-7-8-14-9-16(12-32-13-29(2,3)4)23(34)20-17(14)10-15-11-18-22(33(5)6)25(36)21(28(31)39)27(38)30(18,40)26(37)19(15)24(20)35/h9,15,18,22,32,34-35,38,40H,7-8,10-13H2,1-6H3,(H2,31,39)/t15-,18-,22-,30-/m0/s1. The molecule has 0 radical (unpaired) electrons. The summed E-state index contributed by atoms with van der Waals surface area (Å²) < 4.78 is 0. The lowest BCUT2D eigenvalue weighted by molar-refractivity contribution is -0.153. The molecule has 1 aromatic carbocycles. The molecule has 0 aromatic heterocycles. The highest BCUT2D eigenvalue weighted by atomic mass is 16.3. The molecule has 10 nitrogen and oxygen atoms in total. The Hall–Kier alpha value is -3.21. The van der Waals surface area contributed by atoms with Crippen LogP contribution in [-0.4, -0.2) is 75.1 Å². The van der Waals surface area contributed by atoms with Crippen LogP contribution in [-0.2, 0) is 33.8 Å². The summed E-state index contributed by atoms with van der Waals surface area (Å²) in [6.45, 7) is 9.33. The molecule has 4 rings (SSSR count). The highest BCUT2D eigenvalue weighted by Gasteiger charge is 2.64. The van der Waals surface area contributed by atoms with Crippen molar-refractivity contribution in [2.24, 2.45) is 23.0 Å². The number of nitrogens with two attached hydrogens (primary N) is 1. The average molecular weight is 556 g/mol. The van der Waals surface area contributed by atoms with E-state index >= 15 is 0 Å². The largest absolute Gasteiger partial charge is 0.508 e. The first-order valence-corrected chi connectivity index (χ1v) is 13.8. The van der Waals surface area contributed by atoms with Crippen molar-refractivity contribution in [1.82, 2.24) is 10.2 Å². The molecule has 218 valence electrons. The topological polar surface area (TPSA) is 173 Å². The van der Waals surface area contributed by atoms with E-state index in [0.717, 1.165) is 17.5 Å². The normalized spacial score (nSPS) is 26.6. The molecule has 1 aromatic rings. The van der Waals surface area contributed by atoms with Gasteiger partial charge in [0.2, 0.25) is 5.78 Å². The van der Waals surface area contributed by atoms with E-state index in [9.17, 15) is 34.8 Å². The third-order valence-electron chi connectivity index (χ3n) is 8.38. The average Bonchev–Trinajstić information content (AvgIpc) is 2.83. The predicted molar refractivity (Wildman–Crippen MR) is 149 cm³/mol. The lowest BCUT2D eigenvalue weighted by Crippen LogP contribution is -2.65. The van der Waals surface area contributed by atoms with Gasteiger partial charge in [-0.05, 0) is 55.8 Å². The Morgan fingerprint density at radius 2 is 1.82 bits per heavy atom. The minimum atomic E-state index is -2.64. The predicted octanol–water partition coefficient (Wildman–Crippen LogP) is 2.05. The molecule has 0 aliphatic heterocycles. The molecule has 7 N–H and O–H groups in total. The third-order valence-corrected chi connectivity index (χ3v) is 8.38. The summed E-state index contributed by atoms with van der Waals surface area (Å²) in [5.41, 5.74) is 4.21. The Morgan fingerprint density at radius 1 is 1.18 bits per heavy atom. The Morgan fingerprint density at radius 3 is 2.38 bits per heavy atom. The van der Waals surface area contributed by atoms with E-state index in [1.54, 1.807) is 14.1 Å². The van der Waals surface area contributed by atoms with E-state index in [1.807, 2.05) is 13.0 Å². The zero-order valence-electron chi connectivity index (χ0n) is 24.1. The second kappa shape index (κ2) is 10.3. The summed E-state index contributed by atoms with van der Waals surface area (Å²) in [6.07, 6.45) is 1.89. The molecule has 1 fully saturated rings. The van der Waals surface area contributed by atoms with Gasteiger partial charge in [-0.15, -0.1) is 0 Å². The van der Waals surface area contributed by atoms with Crippen molar-refractivity contribution < 1.29 is 34.8 Å². The van der Waals surface area contributed by atoms with E-state index in [1.165, 1.54) is 4.90 Å². The first kappa shape index (κ1) is 29.8. The summed E-state index contributed by atoms with van der Waals surface area (Å²) in [6, 6.07) is 0.838. The minimum Gasteiger partial charge on any atom is -0.508 e. The molecular weight excluding hydrogens is 514 g/mol. The number of carbonyl (C=O) groups is 3. The fourth-order valence-corrected chi connectivity index (χ4v) is 6.65. The molecule has 0 spiro atoms. The molecule has 3 aliphatic carbocycles. The number of likely N-dealkylation sites (N-methyl/N-ethyl adjacent to an activating group) is 1. The molecule has 0 bridgehead atoms. The van der Waals surface area contributed by atoms with Crippen LogP contribution in [0, 0.1) is 17.3 Å². The summed E-state index contributed by atoms with van der Waals surface area (Å²) in [7, 11) is 3.17. The second-order valence-corrected chi connectivity index (χ2v) is 12.8. The van der Waals surface area contributed by atoms with Gasteiger partial charge in [0.05, 0.1) is 11.6 Å². The first-order valence-electron chi connectivity index (χ1n) is 13.8. The van der Waals surface area contributed by atoms with Gasteiger partial charge in [-0.3, -0.25) is 19.3 Å². The van der Waals surface area contributed by atoms with Crippen LogP contribution in [0.5, 0.6) is 5.75 Å². The Labute approximate surface area is 234 Å². The van der Waals surface area contributed by atoms with Crippen molar-refractivity contribution in [2.75, 3.05) is 20.6 Å². The van der Waals surface area contributed by atoms with Crippen molar-refractivity contribution in [3.8, 4) is 5.75 Å². The number of aliphatic hydroxyl groups excluding tert-OH is 2. The first-order chi connectivity index (χ1) is 18.6. The van der Waals surface area contributed by atoms with Crippen LogP contribution in [0.15, 0.2) is 23.0 Å². The van der Waals surface area contributed by atoms with E-state index < -0.39 is 58.0 Å². The van der Waals surface area contributed by atoms with Crippen molar-refractivity contribution in [1.29, 1.82) is 0 Å². The van der Waals surface area contributed by atoms with Gasteiger partial charge >= 0.3 is 0 Å². The number of hydrogen-bond acceptors (Lipinski definition) is 9. The Balaban J connectivity index is 1.90. The van der Waals surface area contributed by atoms with Gasteiger partial charge in [0.1, 0.15) is 22.8 Å². The molecule has 4 atom stereocenters. The zero-order chi connectivity index (χ0) is 29.9. The van der Waals surface area contributed by atoms with E-state index in [2.05, 4.69) is 26.1 Å². The van der Waals surface area contributed by atoms with Gasteiger partial charge in [-0.1, -0.05) is 40.2 Å². The molecule has 40 heavy (non-hydrogen) atoms. The molecule has 10 heteroatoms.